The maximum Gasteiger partial charge on any atom is 0.251 e. The number of sulfonamides is 1. The van der Waals surface area contributed by atoms with Gasteiger partial charge in [-0.05, 0) is 58.6 Å². The molecule has 3 rings (SSSR count). The molecule has 8 heteroatoms. The van der Waals surface area contributed by atoms with E-state index < -0.39 is 10.0 Å². The van der Waals surface area contributed by atoms with Crippen molar-refractivity contribution in [3.63, 3.8) is 0 Å². The summed E-state index contributed by atoms with van der Waals surface area (Å²) in [5, 5.41) is 2.94. The van der Waals surface area contributed by atoms with Crippen molar-refractivity contribution in [1.29, 1.82) is 0 Å². The molecule has 1 aliphatic heterocycles. The van der Waals surface area contributed by atoms with Crippen LogP contribution in [-0.4, -0.2) is 44.9 Å². The predicted molar refractivity (Wildman–Crippen MR) is 115 cm³/mol. The van der Waals surface area contributed by atoms with Gasteiger partial charge < -0.3 is 10.1 Å². The van der Waals surface area contributed by atoms with E-state index in [1.54, 1.807) is 12.1 Å². The average molecular weight is 481 g/mol. The first-order valence-corrected chi connectivity index (χ1v) is 11.8. The van der Waals surface area contributed by atoms with Crippen molar-refractivity contribution in [2.45, 2.75) is 31.2 Å². The predicted octanol–water partition coefficient (Wildman–Crippen LogP) is 3.52. The van der Waals surface area contributed by atoms with E-state index >= 15 is 0 Å². The lowest BCUT2D eigenvalue weighted by Crippen LogP contribution is -2.40. The highest BCUT2D eigenvalue weighted by atomic mass is 79.9. The van der Waals surface area contributed by atoms with Crippen molar-refractivity contribution >= 4 is 31.9 Å². The SMILES string of the molecule is CCc1ccc(C(C)NC(=O)c2ccc(Br)c(S(=O)(=O)N3CCOCC3)c2)cc1. The third-order valence-electron chi connectivity index (χ3n) is 5.02. The summed E-state index contributed by atoms with van der Waals surface area (Å²) in [5.41, 5.74) is 2.53. The number of carbonyl (C=O) groups is 1. The van der Waals surface area contributed by atoms with Crippen molar-refractivity contribution in [2.75, 3.05) is 26.3 Å². The van der Waals surface area contributed by atoms with Crippen molar-refractivity contribution in [3.8, 4) is 0 Å². The normalized spacial score (nSPS) is 16.4. The molecular formula is C21H25BrN2O4S. The number of nitrogens with zero attached hydrogens (tertiary/aromatic N) is 1. The molecule has 1 amide bonds. The molecule has 2 aromatic rings. The number of benzene rings is 2. The first-order chi connectivity index (χ1) is 13.8. The number of morpholine rings is 1. The van der Waals surface area contributed by atoms with Crippen molar-refractivity contribution in [3.05, 3.63) is 63.6 Å². The molecule has 0 saturated carbocycles. The number of aryl methyl sites for hydroxylation is 1. The van der Waals surface area contributed by atoms with Gasteiger partial charge in [-0.3, -0.25) is 4.79 Å². The smallest absolute Gasteiger partial charge is 0.251 e. The zero-order valence-corrected chi connectivity index (χ0v) is 18.9. The zero-order valence-electron chi connectivity index (χ0n) is 16.5. The molecule has 0 radical (unpaired) electrons. The van der Waals surface area contributed by atoms with Gasteiger partial charge in [-0.15, -0.1) is 0 Å². The molecule has 0 spiro atoms. The van der Waals surface area contributed by atoms with Gasteiger partial charge in [-0.2, -0.15) is 4.31 Å². The molecule has 1 fully saturated rings. The topological polar surface area (TPSA) is 75.7 Å². The first kappa shape index (κ1) is 22.0. The van der Waals surface area contributed by atoms with E-state index in [4.69, 9.17) is 4.74 Å². The van der Waals surface area contributed by atoms with E-state index in [1.807, 2.05) is 31.2 Å². The average Bonchev–Trinajstić information content (AvgIpc) is 2.74. The second-order valence-corrected chi connectivity index (χ2v) is 9.71. The lowest BCUT2D eigenvalue weighted by molar-refractivity contribution is 0.0730. The molecule has 0 bridgehead atoms. The van der Waals surface area contributed by atoms with Crippen LogP contribution in [0.15, 0.2) is 51.8 Å². The van der Waals surface area contributed by atoms with Crippen LogP contribution >= 0.6 is 15.9 Å². The van der Waals surface area contributed by atoms with Crippen LogP contribution in [0.1, 0.15) is 41.4 Å². The summed E-state index contributed by atoms with van der Waals surface area (Å²) in [4.78, 5) is 12.9. The minimum Gasteiger partial charge on any atom is -0.379 e. The molecular weight excluding hydrogens is 456 g/mol. The molecule has 1 saturated heterocycles. The zero-order chi connectivity index (χ0) is 21.0. The van der Waals surface area contributed by atoms with Crippen molar-refractivity contribution in [1.82, 2.24) is 9.62 Å². The van der Waals surface area contributed by atoms with Gasteiger partial charge >= 0.3 is 0 Å². The highest BCUT2D eigenvalue weighted by Crippen LogP contribution is 2.27. The summed E-state index contributed by atoms with van der Waals surface area (Å²) < 4.78 is 33.1. The molecule has 1 aliphatic rings. The van der Waals surface area contributed by atoms with Crippen molar-refractivity contribution in [2.24, 2.45) is 0 Å². The Bertz CT molecular complexity index is 971. The van der Waals surface area contributed by atoms with E-state index in [0.29, 0.717) is 36.3 Å². The second kappa shape index (κ2) is 9.38. The number of carbonyl (C=O) groups excluding carboxylic acids is 1. The van der Waals surface area contributed by atoms with Crippen LogP contribution in [0, 0.1) is 0 Å². The number of nitrogens with one attached hydrogen (secondary N) is 1. The van der Waals surface area contributed by atoms with Gasteiger partial charge in [0.2, 0.25) is 10.0 Å². The molecule has 1 unspecified atom stereocenters. The Morgan fingerprint density at radius 3 is 2.45 bits per heavy atom. The largest absolute Gasteiger partial charge is 0.379 e. The van der Waals surface area contributed by atoms with Gasteiger partial charge in [0.1, 0.15) is 0 Å². The highest BCUT2D eigenvalue weighted by Gasteiger charge is 2.29. The Balaban J connectivity index is 1.79. The van der Waals surface area contributed by atoms with E-state index in [2.05, 4.69) is 28.2 Å². The summed E-state index contributed by atoms with van der Waals surface area (Å²) in [5.74, 6) is -0.317. The van der Waals surface area contributed by atoms with Gasteiger partial charge in [-0.1, -0.05) is 31.2 Å². The van der Waals surface area contributed by atoms with Crippen LogP contribution in [0.4, 0.5) is 0 Å². The summed E-state index contributed by atoms with van der Waals surface area (Å²) in [6.45, 7) is 5.34. The Hall–Kier alpha value is -1.74. The number of rotatable bonds is 6. The number of ether oxygens (including phenoxy) is 1. The van der Waals surface area contributed by atoms with E-state index in [-0.39, 0.29) is 16.8 Å². The fourth-order valence-electron chi connectivity index (χ4n) is 3.17. The Morgan fingerprint density at radius 2 is 1.83 bits per heavy atom. The summed E-state index contributed by atoms with van der Waals surface area (Å²) >= 11 is 3.31. The molecule has 1 N–H and O–H groups in total. The maximum absolute atomic E-state index is 13.0. The number of amides is 1. The van der Waals surface area contributed by atoms with Crippen molar-refractivity contribution < 1.29 is 17.9 Å². The molecule has 156 valence electrons. The quantitative estimate of drug-likeness (QED) is 0.685. The summed E-state index contributed by atoms with van der Waals surface area (Å²) in [7, 11) is -3.71. The minimum absolute atomic E-state index is 0.0898. The molecule has 6 nitrogen and oxygen atoms in total. The van der Waals surface area contributed by atoms with Crippen LogP contribution in [0.2, 0.25) is 0 Å². The van der Waals surface area contributed by atoms with Crippen LogP contribution in [0.3, 0.4) is 0 Å². The lowest BCUT2D eigenvalue weighted by atomic mass is 10.0. The van der Waals surface area contributed by atoms with Gasteiger partial charge in [0.15, 0.2) is 0 Å². The molecule has 0 aromatic heterocycles. The fraction of sp³-hybridized carbons (Fsp3) is 0.381. The van der Waals surface area contributed by atoms with Gasteiger partial charge in [-0.25, -0.2) is 8.42 Å². The number of hydrogen-bond acceptors (Lipinski definition) is 4. The molecule has 2 aromatic carbocycles. The third-order valence-corrected chi connectivity index (χ3v) is 7.91. The highest BCUT2D eigenvalue weighted by molar-refractivity contribution is 9.10. The molecule has 29 heavy (non-hydrogen) atoms. The standard InChI is InChI=1S/C21H25BrN2O4S/c1-3-16-4-6-17(7-5-16)15(2)23-21(25)18-8-9-19(22)20(14-18)29(26,27)24-10-12-28-13-11-24/h4-9,14-15H,3,10-13H2,1-2H3,(H,23,25). The minimum atomic E-state index is -3.71. The Labute approximate surface area is 180 Å². The number of halogens is 1. The van der Waals surface area contributed by atoms with Gasteiger partial charge in [0.25, 0.3) is 5.91 Å². The fourth-order valence-corrected chi connectivity index (χ4v) is 5.53. The molecule has 0 aliphatic carbocycles. The van der Waals surface area contributed by atoms with E-state index in [9.17, 15) is 13.2 Å². The van der Waals surface area contributed by atoms with E-state index in [0.717, 1.165) is 12.0 Å². The Kier molecular flexibility index (Phi) is 7.10. The maximum atomic E-state index is 13.0. The summed E-state index contributed by atoms with van der Waals surface area (Å²) in [6, 6.07) is 12.5. The lowest BCUT2D eigenvalue weighted by Gasteiger charge is -2.26. The monoisotopic (exact) mass is 480 g/mol. The second-order valence-electron chi connectivity index (χ2n) is 6.95. The van der Waals surface area contributed by atoms with Gasteiger partial charge in [0, 0.05) is 23.1 Å². The van der Waals surface area contributed by atoms with Gasteiger partial charge in [0.05, 0.1) is 24.2 Å². The molecule has 1 heterocycles. The number of hydrogen-bond donors (Lipinski definition) is 1. The van der Waals surface area contributed by atoms with Crippen LogP contribution in [0.5, 0.6) is 0 Å². The van der Waals surface area contributed by atoms with Crippen LogP contribution < -0.4 is 5.32 Å². The first-order valence-electron chi connectivity index (χ1n) is 9.60. The van der Waals surface area contributed by atoms with Crippen LogP contribution in [-0.2, 0) is 21.2 Å². The third kappa shape index (κ3) is 5.06. The molecule has 1 atom stereocenters. The van der Waals surface area contributed by atoms with Crippen LogP contribution in [0.25, 0.3) is 0 Å². The summed E-state index contributed by atoms with van der Waals surface area (Å²) in [6.07, 6.45) is 0.959. The Morgan fingerprint density at radius 1 is 1.17 bits per heavy atom. The van der Waals surface area contributed by atoms with E-state index in [1.165, 1.54) is 15.9 Å².